The van der Waals surface area contributed by atoms with E-state index in [1.807, 2.05) is 6.92 Å². The van der Waals surface area contributed by atoms with E-state index in [1.54, 1.807) is 42.5 Å². The number of hydrazone groups is 1. The summed E-state index contributed by atoms with van der Waals surface area (Å²) in [7, 11) is -3.63. The van der Waals surface area contributed by atoms with Crippen molar-refractivity contribution in [3.63, 3.8) is 0 Å². The van der Waals surface area contributed by atoms with Gasteiger partial charge >= 0.3 is 0 Å². The van der Waals surface area contributed by atoms with E-state index >= 15 is 0 Å². The summed E-state index contributed by atoms with van der Waals surface area (Å²) < 4.78 is 27.0. The topological polar surface area (TPSA) is 99.1 Å². The number of nitrogens with zero attached hydrogens (tertiary/aromatic N) is 2. The molecule has 0 spiro atoms. The molecule has 8 heteroatoms. The van der Waals surface area contributed by atoms with Crippen LogP contribution in [0, 0.1) is 12.8 Å². The summed E-state index contributed by atoms with van der Waals surface area (Å²) >= 11 is 0. The summed E-state index contributed by atoms with van der Waals surface area (Å²) in [4.78, 5) is 12.7. The smallest absolute Gasteiger partial charge is 0.244 e. The number of hydrogen-bond donors (Lipinski definition) is 2. The molecule has 1 aliphatic rings. The number of sulfonamides is 1. The van der Waals surface area contributed by atoms with Crippen molar-refractivity contribution in [2.75, 3.05) is 13.1 Å². The van der Waals surface area contributed by atoms with E-state index in [-0.39, 0.29) is 23.1 Å². The SMILES string of the molecule is Cc1ccc(S(=O)(=O)N2CCC[C@H](C(=O)N/N=C/c3ccccc3O)C2)cc1. The average molecular weight is 401 g/mol. The number of benzene rings is 2. The number of hydrogen-bond acceptors (Lipinski definition) is 5. The predicted octanol–water partition coefficient (Wildman–Crippen LogP) is 2.25. The van der Waals surface area contributed by atoms with Crippen LogP contribution in [0.25, 0.3) is 0 Å². The first kappa shape index (κ1) is 20.0. The van der Waals surface area contributed by atoms with Crippen LogP contribution in [0.2, 0.25) is 0 Å². The Morgan fingerprint density at radius 2 is 1.93 bits per heavy atom. The van der Waals surface area contributed by atoms with Crippen LogP contribution in [-0.4, -0.2) is 43.0 Å². The molecule has 3 rings (SSSR count). The molecule has 28 heavy (non-hydrogen) atoms. The second-order valence-corrected chi connectivity index (χ2v) is 8.75. The maximum Gasteiger partial charge on any atom is 0.244 e. The third-order valence-corrected chi connectivity index (χ3v) is 6.61. The average Bonchev–Trinajstić information content (AvgIpc) is 2.70. The number of aromatic hydroxyl groups is 1. The van der Waals surface area contributed by atoms with Crippen LogP contribution in [0.3, 0.4) is 0 Å². The molecule has 0 bridgehead atoms. The van der Waals surface area contributed by atoms with Crippen LogP contribution >= 0.6 is 0 Å². The summed E-state index contributed by atoms with van der Waals surface area (Å²) in [5.41, 5.74) is 3.91. The Labute approximate surface area is 164 Å². The molecule has 1 saturated heterocycles. The van der Waals surface area contributed by atoms with E-state index in [2.05, 4.69) is 10.5 Å². The van der Waals surface area contributed by atoms with E-state index < -0.39 is 15.9 Å². The largest absolute Gasteiger partial charge is 0.507 e. The lowest BCUT2D eigenvalue weighted by Gasteiger charge is -2.30. The number of phenols is 1. The Kier molecular flexibility index (Phi) is 6.11. The summed E-state index contributed by atoms with van der Waals surface area (Å²) in [5, 5.41) is 13.6. The highest BCUT2D eigenvalue weighted by atomic mass is 32.2. The van der Waals surface area contributed by atoms with Crippen molar-refractivity contribution in [3.05, 3.63) is 59.7 Å². The van der Waals surface area contributed by atoms with Crippen LogP contribution in [0.4, 0.5) is 0 Å². The van der Waals surface area contributed by atoms with Gasteiger partial charge in [-0.15, -0.1) is 0 Å². The minimum absolute atomic E-state index is 0.0635. The van der Waals surface area contributed by atoms with Crippen LogP contribution < -0.4 is 5.43 Å². The molecular formula is C20H23N3O4S. The minimum Gasteiger partial charge on any atom is -0.507 e. The lowest BCUT2D eigenvalue weighted by molar-refractivity contribution is -0.126. The second kappa shape index (κ2) is 8.53. The van der Waals surface area contributed by atoms with Crippen molar-refractivity contribution in [3.8, 4) is 5.75 Å². The first-order chi connectivity index (χ1) is 13.4. The van der Waals surface area contributed by atoms with Crippen LogP contribution in [-0.2, 0) is 14.8 Å². The fraction of sp³-hybridized carbons (Fsp3) is 0.300. The first-order valence-corrected chi connectivity index (χ1v) is 10.5. The van der Waals surface area contributed by atoms with E-state index in [1.165, 1.54) is 16.6 Å². The molecule has 0 aromatic heterocycles. The molecule has 1 atom stereocenters. The van der Waals surface area contributed by atoms with Gasteiger partial charge in [-0.2, -0.15) is 9.41 Å². The highest BCUT2D eigenvalue weighted by Crippen LogP contribution is 2.24. The van der Waals surface area contributed by atoms with Crippen molar-refractivity contribution in [2.45, 2.75) is 24.7 Å². The van der Waals surface area contributed by atoms with E-state index in [0.29, 0.717) is 24.9 Å². The number of amides is 1. The number of carbonyl (C=O) groups is 1. The van der Waals surface area contributed by atoms with Gasteiger partial charge in [-0.05, 0) is 44.0 Å². The number of nitrogens with one attached hydrogen (secondary N) is 1. The van der Waals surface area contributed by atoms with Crippen molar-refractivity contribution in [1.29, 1.82) is 0 Å². The Bertz CT molecular complexity index is 971. The van der Waals surface area contributed by atoms with Gasteiger partial charge in [0, 0.05) is 18.7 Å². The first-order valence-electron chi connectivity index (χ1n) is 9.05. The van der Waals surface area contributed by atoms with Crippen LogP contribution in [0.1, 0.15) is 24.0 Å². The Balaban J connectivity index is 1.65. The molecule has 0 aliphatic carbocycles. The van der Waals surface area contributed by atoms with Gasteiger partial charge in [-0.1, -0.05) is 29.8 Å². The predicted molar refractivity (Wildman–Crippen MR) is 107 cm³/mol. The Hall–Kier alpha value is -2.71. The van der Waals surface area contributed by atoms with Crippen molar-refractivity contribution in [2.24, 2.45) is 11.0 Å². The monoisotopic (exact) mass is 401 g/mol. The molecule has 148 valence electrons. The standard InChI is InChI=1S/C20H23N3O4S/c1-15-8-10-18(11-9-15)28(26,27)23-12-4-6-17(14-23)20(25)22-21-13-16-5-2-3-7-19(16)24/h2-3,5,7-11,13,17,24H,4,6,12,14H2,1H3,(H,22,25)/b21-13+/t17-/m0/s1. The molecule has 1 aliphatic heterocycles. The van der Waals surface area contributed by atoms with Crippen molar-refractivity contribution in [1.82, 2.24) is 9.73 Å². The lowest BCUT2D eigenvalue weighted by atomic mass is 9.99. The summed E-state index contributed by atoms with van der Waals surface area (Å²) in [5.74, 6) is -0.750. The van der Waals surface area contributed by atoms with Crippen molar-refractivity contribution < 1.29 is 18.3 Å². The summed E-state index contributed by atoms with van der Waals surface area (Å²) in [6.45, 7) is 2.41. The van der Waals surface area contributed by atoms with Gasteiger partial charge in [-0.3, -0.25) is 4.79 Å². The Morgan fingerprint density at radius 1 is 1.21 bits per heavy atom. The maximum absolute atomic E-state index is 12.8. The lowest BCUT2D eigenvalue weighted by Crippen LogP contribution is -2.44. The molecule has 1 amide bonds. The molecule has 0 unspecified atom stereocenters. The third kappa shape index (κ3) is 4.58. The highest BCUT2D eigenvalue weighted by Gasteiger charge is 2.33. The molecule has 1 fully saturated rings. The molecule has 7 nitrogen and oxygen atoms in total. The zero-order chi connectivity index (χ0) is 20.1. The number of piperidine rings is 1. The van der Waals surface area contributed by atoms with Crippen molar-refractivity contribution >= 4 is 22.1 Å². The van der Waals surface area contributed by atoms with E-state index in [0.717, 1.165) is 5.56 Å². The molecule has 0 saturated carbocycles. The maximum atomic E-state index is 12.8. The number of aryl methyl sites for hydroxylation is 1. The number of rotatable bonds is 5. The normalized spacial score (nSPS) is 18.2. The fourth-order valence-corrected chi connectivity index (χ4v) is 4.61. The summed E-state index contributed by atoms with van der Waals surface area (Å²) in [6, 6.07) is 13.3. The third-order valence-electron chi connectivity index (χ3n) is 4.73. The minimum atomic E-state index is -3.63. The van der Waals surface area contributed by atoms with Gasteiger partial charge in [0.05, 0.1) is 17.0 Å². The van der Waals surface area contributed by atoms with E-state index in [9.17, 15) is 18.3 Å². The van der Waals surface area contributed by atoms with Crippen LogP contribution in [0.15, 0.2) is 58.5 Å². The zero-order valence-electron chi connectivity index (χ0n) is 15.6. The molecule has 0 radical (unpaired) electrons. The van der Waals surface area contributed by atoms with Gasteiger partial charge in [-0.25, -0.2) is 13.8 Å². The molecule has 2 aromatic rings. The molecule has 2 aromatic carbocycles. The Morgan fingerprint density at radius 3 is 2.64 bits per heavy atom. The van der Waals surface area contributed by atoms with Gasteiger partial charge in [0.15, 0.2) is 0 Å². The van der Waals surface area contributed by atoms with Gasteiger partial charge in [0.25, 0.3) is 0 Å². The van der Waals surface area contributed by atoms with Crippen LogP contribution in [0.5, 0.6) is 5.75 Å². The zero-order valence-corrected chi connectivity index (χ0v) is 16.4. The van der Waals surface area contributed by atoms with Gasteiger partial charge in [0.2, 0.25) is 15.9 Å². The number of carbonyl (C=O) groups excluding carboxylic acids is 1. The van der Waals surface area contributed by atoms with Gasteiger partial charge in [0.1, 0.15) is 5.75 Å². The number of phenolic OH excluding ortho intramolecular Hbond substituents is 1. The fourth-order valence-electron chi connectivity index (χ4n) is 3.09. The second-order valence-electron chi connectivity index (χ2n) is 6.81. The summed E-state index contributed by atoms with van der Waals surface area (Å²) in [6.07, 6.45) is 2.56. The number of para-hydroxylation sites is 1. The quantitative estimate of drug-likeness (QED) is 0.593. The molecular weight excluding hydrogens is 378 g/mol. The highest BCUT2D eigenvalue weighted by molar-refractivity contribution is 7.89. The molecule has 1 heterocycles. The van der Waals surface area contributed by atoms with E-state index in [4.69, 9.17) is 0 Å². The van der Waals surface area contributed by atoms with Gasteiger partial charge < -0.3 is 5.11 Å². The molecule has 2 N–H and O–H groups in total.